The molecule has 0 aliphatic rings. The number of rotatable bonds is 6. The monoisotopic (exact) mass is 387 g/mol. The minimum absolute atomic E-state index is 0.189. The fourth-order valence-electron chi connectivity index (χ4n) is 2.56. The van der Waals surface area contributed by atoms with Gasteiger partial charge in [-0.2, -0.15) is 4.98 Å². The highest BCUT2D eigenvalue weighted by molar-refractivity contribution is 8.00. The van der Waals surface area contributed by atoms with E-state index < -0.39 is 5.25 Å². The van der Waals surface area contributed by atoms with E-state index in [1.807, 2.05) is 19.9 Å². The largest absolute Gasteiger partial charge is 0.497 e. The van der Waals surface area contributed by atoms with E-state index in [1.165, 1.54) is 11.8 Å². The van der Waals surface area contributed by atoms with Crippen LogP contribution in [-0.2, 0) is 4.79 Å². The lowest BCUT2D eigenvalue weighted by molar-refractivity contribution is -0.115. The van der Waals surface area contributed by atoms with E-state index in [0.717, 1.165) is 11.4 Å². The molecular weight excluding hydrogens is 366 g/mol. The van der Waals surface area contributed by atoms with Crippen LogP contribution in [0.1, 0.15) is 18.3 Å². The molecule has 0 radical (unpaired) electrons. The molecule has 2 aromatic heterocycles. The molecule has 0 fully saturated rings. The zero-order valence-corrected chi connectivity index (χ0v) is 16.6. The summed E-state index contributed by atoms with van der Waals surface area (Å²) in [5.74, 6) is 1.52. The molecule has 8 nitrogen and oxygen atoms in total. The van der Waals surface area contributed by atoms with Gasteiger partial charge in [0.05, 0.1) is 25.2 Å². The van der Waals surface area contributed by atoms with Crippen molar-refractivity contribution in [2.45, 2.75) is 31.2 Å². The molecule has 3 rings (SSSR count). The molecule has 0 unspecified atom stereocenters. The number of ether oxygens (including phenoxy) is 2. The molecule has 27 heavy (non-hydrogen) atoms. The molecule has 2 heterocycles. The summed E-state index contributed by atoms with van der Waals surface area (Å²) in [5, 5.41) is 7.37. The molecule has 1 aromatic carbocycles. The SMILES string of the molecule is COc1ccc(OC)c(NC(=O)[C@@H](C)Sc2nc3nc(C)cc(C)n3n2)c1. The number of nitrogens with one attached hydrogen (secondary N) is 1. The Morgan fingerprint density at radius 3 is 2.67 bits per heavy atom. The van der Waals surface area contributed by atoms with Gasteiger partial charge in [-0.25, -0.2) is 9.50 Å². The van der Waals surface area contributed by atoms with Crippen LogP contribution in [0.25, 0.3) is 5.78 Å². The fraction of sp³-hybridized carbons (Fsp3) is 0.333. The van der Waals surface area contributed by atoms with Crippen molar-refractivity contribution in [3.8, 4) is 11.5 Å². The number of fused-ring (bicyclic) bond motifs is 1. The number of carbonyl (C=O) groups is 1. The number of nitrogens with zero attached hydrogens (tertiary/aromatic N) is 4. The standard InChI is InChI=1S/C18H21N5O3S/c1-10-8-11(2)23-17(19-10)21-18(22-23)27-12(3)16(24)20-14-9-13(25-4)6-7-15(14)26-5/h6-9,12H,1-5H3,(H,20,24)/t12-/m1/s1. The minimum atomic E-state index is -0.417. The summed E-state index contributed by atoms with van der Waals surface area (Å²) in [7, 11) is 3.12. The van der Waals surface area contributed by atoms with Gasteiger partial charge in [0.2, 0.25) is 11.1 Å². The van der Waals surface area contributed by atoms with E-state index in [1.54, 1.807) is 43.9 Å². The van der Waals surface area contributed by atoms with Crippen molar-refractivity contribution in [2.75, 3.05) is 19.5 Å². The number of carbonyl (C=O) groups excluding carboxylic acids is 1. The zero-order chi connectivity index (χ0) is 19.6. The smallest absolute Gasteiger partial charge is 0.253 e. The van der Waals surface area contributed by atoms with Crippen molar-refractivity contribution in [1.29, 1.82) is 0 Å². The van der Waals surface area contributed by atoms with Gasteiger partial charge in [0.1, 0.15) is 11.5 Å². The third-order valence-electron chi connectivity index (χ3n) is 3.91. The Balaban J connectivity index is 1.76. The van der Waals surface area contributed by atoms with Gasteiger partial charge in [-0.15, -0.1) is 5.10 Å². The number of aryl methyl sites for hydroxylation is 2. The zero-order valence-electron chi connectivity index (χ0n) is 15.8. The number of amides is 1. The summed E-state index contributed by atoms with van der Waals surface area (Å²) in [4.78, 5) is 21.4. The van der Waals surface area contributed by atoms with E-state index in [9.17, 15) is 4.79 Å². The van der Waals surface area contributed by atoms with Crippen LogP contribution in [0.15, 0.2) is 29.4 Å². The highest BCUT2D eigenvalue weighted by Gasteiger charge is 2.20. The molecule has 0 saturated carbocycles. The van der Waals surface area contributed by atoms with Gasteiger partial charge in [-0.3, -0.25) is 4.79 Å². The average Bonchev–Trinajstić information content (AvgIpc) is 3.04. The molecule has 1 N–H and O–H groups in total. The Kier molecular flexibility index (Phi) is 5.50. The second kappa shape index (κ2) is 7.83. The summed E-state index contributed by atoms with van der Waals surface area (Å²) >= 11 is 1.27. The lowest BCUT2D eigenvalue weighted by Gasteiger charge is -2.14. The summed E-state index contributed by atoms with van der Waals surface area (Å²) < 4.78 is 12.2. The van der Waals surface area contributed by atoms with Crippen LogP contribution in [0, 0.1) is 13.8 Å². The van der Waals surface area contributed by atoms with Gasteiger partial charge >= 0.3 is 0 Å². The first-order chi connectivity index (χ1) is 12.9. The number of benzene rings is 1. The lowest BCUT2D eigenvalue weighted by Crippen LogP contribution is -2.22. The van der Waals surface area contributed by atoms with Gasteiger partial charge in [-0.05, 0) is 39.0 Å². The summed E-state index contributed by atoms with van der Waals surface area (Å²) in [6, 6.07) is 7.16. The molecule has 1 amide bonds. The van der Waals surface area contributed by atoms with Crippen LogP contribution < -0.4 is 14.8 Å². The van der Waals surface area contributed by atoms with Crippen molar-refractivity contribution >= 4 is 29.1 Å². The highest BCUT2D eigenvalue weighted by Crippen LogP contribution is 2.30. The third kappa shape index (κ3) is 4.13. The van der Waals surface area contributed by atoms with E-state index >= 15 is 0 Å². The highest BCUT2D eigenvalue weighted by atomic mass is 32.2. The van der Waals surface area contributed by atoms with Crippen LogP contribution in [0.3, 0.4) is 0 Å². The maximum Gasteiger partial charge on any atom is 0.253 e. The van der Waals surface area contributed by atoms with E-state index in [2.05, 4.69) is 20.4 Å². The number of anilines is 1. The Labute approximate surface area is 161 Å². The first-order valence-corrected chi connectivity index (χ1v) is 9.20. The maximum absolute atomic E-state index is 12.6. The van der Waals surface area contributed by atoms with E-state index in [4.69, 9.17) is 9.47 Å². The van der Waals surface area contributed by atoms with Gasteiger partial charge < -0.3 is 14.8 Å². The Morgan fingerprint density at radius 1 is 1.19 bits per heavy atom. The normalized spacial score (nSPS) is 12.0. The van der Waals surface area contributed by atoms with Crippen LogP contribution in [0.5, 0.6) is 11.5 Å². The molecule has 1 atom stereocenters. The first-order valence-electron chi connectivity index (χ1n) is 8.32. The average molecular weight is 387 g/mol. The molecule has 0 spiro atoms. The maximum atomic E-state index is 12.6. The first kappa shape index (κ1) is 19.0. The summed E-state index contributed by atoms with van der Waals surface area (Å²) in [6.07, 6.45) is 0. The Hall–Kier alpha value is -2.81. The number of hydrogen-bond acceptors (Lipinski definition) is 7. The van der Waals surface area contributed by atoms with Crippen molar-refractivity contribution in [3.05, 3.63) is 35.7 Å². The van der Waals surface area contributed by atoms with Gasteiger partial charge in [0.25, 0.3) is 5.78 Å². The molecule has 0 aliphatic carbocycles. The van der Waals surface area contributed by atoms with E-state index in [-0.39, 0.29) is 5.91 Å². The second-order valence-corrected chi connectivity index (χ2v) is 7.27. The molecule has 3 aromatic rings. The molecule has 0 saturated heterocycles. The lowest BCUT2D eigenvalue weighted by atomic mass is 10.2. The number of thioether (sulfide) groups is 1. The van der Waals surface area contributed by atoms with Crippen molar-refractivity contribution in [3.63, 3.8) is 0 Å². The number of aromatic nitrogens is 4. The molecule has 142 valence electrons. The number of methoxy groups -OCH3 is 2. The topological polar surface area (TPSA) is 90.6 Å². The Bertz CT molecular complexity index is 989. The number of hydrogen-bond donors (Lipinski definition) is 1. The molecule has 0 aliphatic heterocycles. The third-order valence-corrected chi connectivity index (χ3v) is 4.87. The predicted molar refractivity (Wildman–Crippen MR) is 104 cm³/mol. The quantitative estimate of drug-likeness (QED) is 0.650. The molecular formula is C18H21N5O3S. The Morgan fingerprint density at radius 2 is 1.96 bits per heavy atom. The van der Waals surface area contributed by atoms with Crippen molar-refractivity contribution in [1.82, 2.24) is 19.6 Å². The van der Waals surface area contributed by atoms with Gasteiger partial charge in [0.15, 0.2) is 0 Å². The van der Waals surface area contributed by atoms with Gasteiger partial charge in [0, 0.05) is 17.5 Å². The van der Waals surface area contributed by atoms with Crippen molar-refractivity contribution in [2.24, 2.45) is 0 Å². The van der Waals surface area contributed by atoms with Crippen LogP contribution >= 0.6 is 11.8 Å². The fourth-order valence-corrected chi connectivity index (χ4v) is 3.30. The second-order valence-electron chi connectivity index (χ2n) is 5.96. The minimum Gasteiger partial charge on any atom is -0.497 e. The van der Waals surface area contributed by atoms with Crippen LogP contribution in [0.2, 0.25) is 0 Å². The van der Waals surface area contributed by atoms with Crippen molar-refractivity contribution < 1.29 is 14.3 Å². The predicted octanol–water partition coefficient (Wildman–Crippen LogP) is 2.88. The molecule has 9 heteroatoms. The van der Waals surface area contributed by atoms with Crippen LogP contribution in [0.4, 0.5) is 5.69 Å². The van der Waals surface area contributed by atoms with Gasteiger partial charge in [-0.1, -0.05) is 11.8 Å². The van der Waals surface area contributed by atoms with E-state index in [0.29, 0.717) is 28.1 Å². The summed E-state index contributed by atoms with van der Waals surface area (Å²) in [5.41, 5.74) is 2.36. The summed E-state index contributed by atoms with van der Waals surface area (Å²) in [6.45, 7) is 5.64. The molecule has 0 bridgehead atoms. The van der Waals surface area contributed by atoms with Crippen LogP contribution in [-0.4, -0.2) is 45.0 Å².